The SMILES string of the molecule is CSC[C@H](N)C(=O)N[C@@H](CC(C)C)C(=O)N[C@@H](CO)C[C@@H](O)[C@H](O)C(=O)N[C@@H](CC(=O)O)c1ccccc1. The molecule has 12 nitrogen and oxygen atoms in total. The Balaban J connectivity index is 2.83. The van der Waals surface area contributed by atoms with Gasteiger partial charge in [0.15, 0.2) is 6.10 Å². The van der Waals surface area contributed by atoms with Crippen LogP contribution in [0.4, 0.5) is 0 Å². The van der Waals surface area contributed by atoms with Crippen LogP contribution in [0.25, 0.3) is 0 Å². The van der Waals surface area contributed by atoms with Gasteiger partial charge in [0.05, 0.1) is 37.3 Å². The van der Waals surface area contributed by atoms with Gasteiger partial charge in [-0.2, -0.15) is 11.8 Å². The lowest BCUT2D eigenvalue weighted by molar-refractivity contribution is -0.139. The number of aliphatic hydroxyl groups is 3. The normalized spacial score (nSPS) is 16.0. The van der Waals surface area contributed by atoms with E-state index in [-0.39, 0.29) is 12.3 Å². The van der Waals surface area contributed by atoms with E-state index < -0.39 is 73.1 Å². The van der Waals surface area contributed by atoms with Gasteiger partial charge in [-0.05, 0) is 30.6 Å². The van der Waals surface area contributed by atoms with Crippen molar-refractivity contribution in [3.8, 4) is 0 Å². The lowest BCUT2D eigenvalue weighted by atomic mass is 10.00. The van der Waals surface area contributed by atoms with Crippen molar-refractivity contribution in [2.24, 2.45) is 11.7 Å². The maximum atomic E-state index is 12.9. The molecule has 0 fully saturated rings. The number of carboxylic acid groups (broad SMARTS) is 1. The van der Waals surface area contributed by atoms with E-state index in [0.717, 1.165) is 0 Å². The summed E-state index contributed by atoms with van der Waals surface area (Å²) in [6, 6.07) is 4.55. The van der Waals surface area contributed by atoms with Gasteiger partial charge in [0.1, 0.15) is 6.04 Å². The van der Waals surface area contributed by atoms with Crippen LogP contribution in [0, 0.1) is 5.92 Å². The largest absolute Gasteiger partial charge is 0.481 e. The van der Waals surface area contributed by atoms with E-state index >= 15 is 0 Å². The van der Waals surface area contributed by atoms with Crippen molar-refractivity contribution in [3.63, 3.8) is 0 Å². The molecule has 3 amide bonds. The molecule has 0 saturated carbocycles. The van der Waals surface area contributed by atoms with Gasteiger partial charge in [-0.15, -0.1) is 0 Å². The highest BCUT2D eigenvalue weighted by Gasteiger charge is 2.31. The average molecular weight is 557 g/mol. The Labute approximate surface area is 226 Å². The Hall–Kier alpha value is -2.71. The van der Waals surface area contributed by atoms with Crippen LogP contribution >= 0.6 is 11.8 Å². The van der Waals surface area contributed by atoms with Crippen molar-refractivity contribution in [1.82, 2.24) is 16.0 Å². The lowest BCUT2D eigenvalue weighted by Crippen LogP contribution is -2.55. The molecule has 0 unspecified atom stereocenters. The van der Waals surface area contributed by atoms with Crippen molar-refractivity contribution in [2.75, 3.05) is 18.6 Å². The molecule has 0 saturated heterocycles. The molecule has 38 heavy (non-hydrogen) atoms. The Kier molecular flexibility index (Phi) is 14.9. The predicted molar refractivity (Wildman–Crippen MR) is 143 cm³/mol. The molecule has 0 aliphatic carbocycles. The summed E-state index contributed by atoms with van der Waals surface area (Å²) in [6.07, 6.45) is -2.40. The van der Waals surface area contributed by atoms with E-state index in [9.17, 15) is 39.6 Å². The van der Waals surface area contributed by atoms with Crippen molar-refractivity contribution in [3.05, 3.63) is 35.9 Å². The summed E-state index contributed by atoms with van der Waals surface area (Å²) in [5, 5.41) is 47.3. The van der Waals surface area contributed by atoms with Crippen LogP contribution in [0.5, 0.6) is 0 Å². The zero-order valence-corrected chi connectivity index (χ0v) is 22.7. The van der Waals surface area contributed by atoms with Gasteiger partial charge in [0, 0.05) is 5.75 Å². The molecule has 0 radical (unpaired) electrons. The van der Waals surface area contributed by atoms with Crippen LogP contribution in [0.15, 0.2) is 30.3 Å². The number of hydrogen-bond donors (Lipinski definition) is 8. The molecule has 0 heterocycles. The number of nitrogens with two attached hydrogens (primary N) is 1. The smallest absolute Gasteiger partial charge is 0.305 e. The minimum absolute atomic E-state index is 0.0369. The average Bonchev–Trinajstić information content (AvgIpc) is 2.86. The number of aliphatic carboxylic acids is 1. The van der Waals surface area contributed by atoms with Crippen LogP contribution in [0.2, 0.25) is 0 Å². The maximum Gasteiger partial charge on any atom is 0.305 e. The monoisotopic (exact) mass is 556 g/mol. The quantitative estimate of drug-likeness (QED) is 0.119. The number of nitrogens with one attached hydrogen (secondary N) is 3. The summed E-state index contributed by atoms with van der Waals surface area (Å²) in [4.78, 5) is 49.1. The molecule has 9 N–H and O–H groups in total. The minimum Gasteiger partial charge on any atom is -0.481 e. The summed E-state index contributed by atoms with van der Waals surface area (Å²) >= 11 is 1.39. The number of rotatable bonds is 17. The van der Waals surface area contributed by atoms with Gasteiger partial charge in [0.25, 0.3) is 5.91 Å². The molecule has 0 aliphatic heterocycles. The van der Waals surface area contributed by atoms with Gasteiger partial charge >= 0.3 is 5.97 Å². The van der Waals surface area contributed by atoms with Crippen LogP contribution < -0.4 is 21.7 Å². The number of amides is 3. The second kappa shape index (κ2) is 17.0. The summed E-state index contributed by atoms with van der Waals surface area (Å²) in [6.45, 7) is 3.12. The van der Waals surface area contributed by atoms with Crippen molar-refractivity contribution >= 4 is 35.5 Å². The second-order valence-electron chi connectivity index (χ2n) is 9.46. The molecule has 0 aromatic heterocycles. The number of carbonyl (C=O) groups is 4. The van der Waals surface area contributed by atoms with Gasteiger partial charge in [-0.3, -0.25) is 19.2 Å². The van der Waals surface area contributed by atoms with Gasteiger partial charge < -0.3 is 42.1 Å². The molecule has 1 rings (SSSR count). The van der Waals surface area contributed by atoms with Crippen molar-refractivity contribution < 1.29 is 39.6 Å². The highest BCUT2D eigenvalue weighted by molar-refractivity contribution is 7.98. The Bertz CT molecular complexity index is 905. The van der Waals surface area contributed by atoms with E-state index in [1.54, 1.807) is 36.6 Å². The predicted octanol–water partition coefficient (Wildman–Crippen LogP) is -0.871. The first-order chi connectivity index (χ1) is 17.9. The maximum absolute atomic E-state index is 12.9. The van der Waals surface area contributed by atoms with E-state index in [4.69, 9.17) is 5.73 Å². The van der Waals surface area contributed by atoms with Crippen LogP contribution in [0.1, 0.15) is 44.7 Å². The standard InChI is InChI=1S/C25H40N4O8S/c1-14(2)9-19(29-23(35)17(26)13-38-3)24(36)27-16(12-30)10-20(31)22(34)25(37)28-18(11-21(32)33)15-7-5-4-6-8-15/h4-8,14,16-20,22,30-31,34H,9-13,26H2,1-3H3,(H,27,36)(H,28,37)(H,29,35)(H,32,33)/t16-,17+,18+,19+,20-,22+/m1/s1. The Morgan fingerprint density at radius 2 is 1.58 bits per heavy atom. The summed E-state index contributed by atoms with van der Waals surface area (Å²) in [7, 11) is 0. The molecular weight excluding hydrogens is 516 g/mol. The third kappa shape index (κ3) is 11.8. The first-order valence-electron chi connectivity index (χ1n) is 12.3. The molecule has 0 aliphatic rings. The van der Waals surface area contributed by atoms with E-state index in [1.807, 2.05) is 13.8 Å². The third-order valence-corrected chi connectivity index (χ3v) is 6.34. The number of aliphatic hydroxyl groups excluding tert-OH is 3. The third-order valence-electron chi connectivity index (χ3n) is 5.65. The first-order valence-corrected chi connectivity index (χ1v) is 13.7. The number of carbonyl (C=O) groups excluding carboxylic acids is 3. The fourth-order valence-electron chi connectivity index (χ4n) is 3.68. The van der Waals surface area contributed by atoms with E-state index in [1.165, 1.54) is 11.8 Å². The Morgan fingerprint density at radius 3 is 2.11 bits per heavy atom. The highest BCUT2D eigenvalue weighted by Crippen LogP contribution is 2.17. The van der Waals surface area contributed by atoms with Gasteiger partial charge in [0.2, 0.25) is 11.8 Å². The Morgan fingerprint density at radius 1 is 0.947 bits per heavy atom. The lowest BCUT2D eigenvalue weighted by Gasteiger charge is -2.27. The number of carboxylic acids is 1. The number of hydrogen-bond acceptors (Lipinski definition) is 9. The molecule has 0 spiro atoms. The highest BCUT2D eigenvalue weighted by atomic mass is 32.2. The zero-order chi connectivity index (χ0) is 28.8. The minimum atomic E-state index is -1.96. The molecule has 13 heteroatoms. The summed E-state index contributed by atoms with van der Waals surface area (Å²) < 4.78 is 0. The molecule has 214 valence electrons. The zero-order valence-electron chi connectivity index (χ0n) is 21.9. The van der Waals surface area contributed by atoms with Crippen LogP contribution in [-0.2, 0) is 19.2 Å². The van der Waals surface area contributed by atoms with Gasteiger partial charge in [-0.25, -0.2) is 0 Å². The van der Waals surface area contributed by atoms with E-state index in [0.29, 0.717) is 17.7 Å². The van der Waals surface area contributed by atoms with Crippen molar-refractivity contribution in [1.29, 1.82) is 0 Å². The fraction of sp³-hybridized carbons (Fsp3) is 0.600. The molecule has 1 aromatic carbocycles. The second-order valence-corrected chi connectivity index (χ2v) is 10.4. The summed E-state index contributed by atoms with van der Waals surface area (Å²) in [5.41, 5.74) is 6.33. The summed E-state index contributed by atoms with van der Waals surface area (Å²) in [5.74, 6) is -2.89. The van der Waals surface area contributed by atoms with E-state index in [2.05, 4.69) is 16.0 Å². The fourth-order valence-corrected chi connectivity index (χ4v) is 4.19. The molecule has 1 aromatic rings. The first kappa shape index (κ1) is 33.3. The van der Waals surface area contributed by atoms with Crippen molar-refractivity contribution in [2.45, 2.75) is 69.5 Å². The van der Waals surface area contributed by atoms with Crippen LogP contribution in [-0.4, -0.2) is 93.1 Å². The van der Waals surface area contributed by atoms with Crippen LogP contribution in [0.3, 0.4) is 0 Å². The molecule has 6 atom stereocenters. The van der Waals surface area contributed by atoms with Gasteiger partial charge in [-0.1, -0.05) is 44.2 Å². The number of benzene rings is 1. The molecule has 0 bridgehead atoms. The number of thioether (sulfide) groups is 1. The molecular formula is C25H40N4O8S. The topological polar surface area (TPSA) is 211 Å².